The summed E-state index contributed by atoms with van der Waals surface area (Å²) in [7, 11) is 0. The fraction of sp³-hybridized carbons (Fsp3) is 0.333. The van der Waals surface area contributed by atoms with E-state index in [2.05, 4.69) is 5.32 Å². The summed E-state index contributed by atoms with van der Waals surface area (Å²) in [6.45, 7) is 0. The summed E-state index contributed by atoms with van der Waals surface area (Å²) in [6.07, 6.45) is 7.71. The molecule has 1 fully saturated rings. The number of nitrogens with one attached hydrogen (secondary N) is 1. The van der Waals surface area contributed by atoms with Crippen LogP contribution in [0.4, 0.5) is 11.4 Å². The molecule has 6 rings (SSSR count). The van der Waals surface area contributed by atoms with Crippen molar-refractivity contribution in [2.75, 3.05) is 10.2 Å². The van der Waals surface area contributed by atoms with Crippen molar-refractivity contribution >= 4 is 34.7 Å². The number of carbonyl (C=O) groups excluding carboxylic acids is 2. The molecule has 0 saturated heterocycles. The zero-order valence-corrected chi connectivity index (χ0v) is 20.8. The largest absolute Gasteiger partial charge is 0.469 e. The average Bonchev–Trinajstić information content (AvgIpc) is 3.40. The Bertz CT molecular complexity index is 1310. The van der Waals surface area contributed by atoms with E-state index < -0.39 is 6.04 Å². The number of para-hydroxylation sites is 2. The number of furan rings is 1. The molecule has 3 aliphatic rings. The number of rotatable bonds is 3. The van der Waals surface area contributed by atoms with Crippen LogP contribution >= 0.6 is 11.6 Å². The SMILES string of the molecule is O=C1CC(c2ccco2)CC2=C1C(c1ccc(Cl)cc1)N(C(=O)C1CCCCC1)c1ccccc1N2. The standard InChI is InChI=1S/C30H29ClN2O3/c31-22-14-12-19(13-15-22)29-28-24(17-21(18-26(28)34)27-11-6-16-36-27)32-23-9-4-5-10-25(23)33(29)30(35)20-7-2-1-3-8-20/h4-6,9-16,20-21,29,32H,1-3,7-8,17-18H2. The van der Waals surface area contributed by atoms with E-state index in [1.54, 1.807) is 6.26 Å². The van der Waals surface area contributed by atoms with Gasteiger partial charge >= 0.3 is 0 Å². The van der Waals surface area contributed by atoms with Gasteiger partial charge in [-0.2, -0.15) is 0 Å². The second kappa shape index (κ2) is 9.62. The molecule has 2 aliphatic carbocycles. The number of carbonyl (C=O) groups is 2. The van der Waals surface area contributed by atoms with Gasteiger partial charge in [0.2, 0.25) is 5.91 Å². The quantitative estimate of drug-likeness (QED) is 0.406. The van der Waals surface area contributed by atoms with Crippen molar-refractivity contribution < 1.29 is 14.0 Å². The van der Waals surface area contributed by atoms with Gasteiger partial charge in [0, 0.05) is 34.5 Å². The molecule has 5 nitrogen and oxygen atoms in total. The molecule has 1 amide bonds. The first-order chi connectivity index (χ1) is 17.6. The number of benzene rings is 2. The lowest BCUT2D eigenvalue weighted by atomic mass is 9.79. The highest BCUT2D eigenvalue weighted by molar-refractivity contribution is 6.30. The molecule has 2 aromatic carbocycles. The summed E-state index contributed by atoms with van der Waals surface area (Å²) < 4.78 is 5.68. The topological polar surface area (TPSA) is 62.6 Å². The minimum Gasteiger partial charge on any atom is -0.469 e. The van der Waals surface area contributed by atoms with E-state index in [9.17, 15) is 9.59 Å². The van der Waals surface area contributed by atoms with Gasteiger partial charge in [-0.15, -0.1) is 0 Å². The Balaban J connectivity index is 1.53. The van der Waals surface area contributed by atoms with Gasteiger partial charge in [0.05, 0.1) is 23.7 Å². The number of amides is 1. The smallest absolute Gasteiger partial charge is 0.231 e. The highest BCUT2D eigenvalue weighted by Gasteiger charge is 2.43. The van der Waals surface area contributed by atoms with Gasteiger partial charge in [-0.1, -0.05) is 55.1 Å². The third-order valence-electron chi connectivity index (χ3n) is 7.81. The second-order valence-corrected chi connectivity index (χ2v) is 10.5. The van der Waals surface area contributed by atoms with Crippen molar-refractivity contribution in [3.63, 3.8) is 0 Å². The number of anilines is 2. The van der Waals surface area contributed by atoms with E-state index in [0.29, 0.717) is 23.4 Å². The number of fused-ring (bicyclic) bond motifs is 1. The zero-order valence-electron chi connectivity index (χ0n) is 20.1. The average molecular weight is 501 g/mol. The monoisotopic (exact) mass is 500 g/mol. The van der Waals surface area contributed by atoms with Crippen LogP contribution in [0.15, 0.2) is 82.6 Å². The summed E-state index contributed by atoms with van der Waals surface area (Å²) in [5.74, 6) is 0.862. The maximum Gasteiger partial charge on any atom is 0.231 e. The van der Waals surface area contributed by atoms with Crippen LogP contribution in [0.1, 0.15) is 68.2 Å². The number of nitrogens with zero attached hydrogens (tertiary/aromatic N) is 1. The van der Waals surface area contributed by atoms with E-state index >= 15 is 0 Å². The van der Waals surface area contributed by atoms with E-state index in [0.717, 1.165) is 54.1 Å². The van der Waals surface area contributed by atoms with Gasteiger partial charge in [-0.25, -0.2) is 0 Å². The third kappa shape index (κ3) is 4.16. The Labute approximate surface area is 216 Å². The van der Waals surface area contributed by atoms with Gasteiger partial charge in [0.1, 0.15) is 5.76 Å². The van der Waals surface area contributed by atoms with Crippen LogP contribution in [-0.4, -0.2) is 11.7 Å². The molecule has 6 heteroatoms. The van der Waals surface area contributed by atoms with Crippen LogP contribution in [0.5, 0.6) is 0 Å². The Hall–Kier alpha value is -3.31. The van der Waals surface area contributed by atoms with E-state index in [4.69, 9.17) is 16.0 Å². The third-order valence-corrected chi connectivity index (χ3v) is 8.06. The summed E-state index contributed by atoms with van der Waals surface area (Å²) in [5, 5.41) is 4.20. The van der Waals surface area contributed by atoms with Crippen molar-refractivity contribution in [1.82, 2.24) is 0 Å². The van der Waals surface area contributed by atoms with Crippen LogP contribution in [-0.2, 0) is 9.59 Å². The van der Waals surface area contributed by atoms with Crippen molar-refractivity contribution in [3.8, 4) is 0 Å². The molecule has 1 saturated carbocycles. The molecule has 36 heavy (non-hydrogen) atoms. The van der Waals surface area contributed by atoms with Crippen LogP contribution in [0, 0.1) is 5.92 Å². The maximum atomic E-state index is 14.3. The molecule has 2 heterocycles. The lowest BCUT2D eigenvalue weighted by Crippen LogP contribution is -2.42. The first kappa shape index (κ1) is 23.1. The summed E-state index contributed by atoms with van der Waals surface area (Å²) in [6, 6.07) is 18.7. The summed E-state index contributed by atoms with van der Waals surface area (Å²) in [4.78, 5) is 30.1. The number of halogens is 1. The lowest BCUT2D eigenvalue weighted by molar-refractivity contribution is -0.123. The van der Waals surface area contributed by atoms with Crippen molar-refractivity contribution in [2.24, 2.45) is 5.92 Å². The molecule has 0 spiro atoms. The van der Waals surface area contributed by atoms with Gasteiger partial charge in [-0.05, 0) is 61.2 Å². The van der Waals surface area contributed by atoms with Crippen molar-refractivity contribution in [1.29, 1.82) is 0 Å². The molecule has 1 N–H and O–H groups in total. The first-order valence-electron chi connectivity index (χ1n) is 12.8. The minimum absolute atomic E-state index is 0.0411. The number of hydrogen-bond acceptors (Lipinski definition) is 4. The molecule has 0 bridgehead atoms. The Kier molecular flexibility index (Phi) is 6.18. The first-order valence-corrected chi connectivity index (χ1v) is 13.2. The Morgan fingerprint density at radius 2 is 1.72 bits per heavy atom. The highest BCUT2D eigenvalue weighted by atomic mass is 35.5. The molecule has 0 radical (unpaired) electrons. The van der Waals surface area contributed by atoms with E-state index in [1.807, 2.05) is 65.6 Å². The predicted octanol–water partition coefficient (Wildman–Crippen LogP) is 7.41. The van der Waals surface area contributed by atoms with Gasteiger partial charge < -0.3 is 9.73 Å². The van der Waals surface area contributed by atoms with E-state index in [1.165, 1.54) is 6.42 Å². The molecule has 2 unspecified atom stereocenters. The molecule has 1 aliphatic heterocycles. The minimum atomic E-state index is -0.520. The molecular weight excluding hydrogens is 472 g/mol. The molecule has 3 aromatic rings. The fourth-order valence-corrected chi connectivity index (χ4v) is 6.19. The van der Waals surface area contributed by atoms with E-state index in [-0.39, 0.29) is 23.5 Å². The summed E-state index contributed by atoms with van der Waals surface area (Å²) >= 11 is 6.24. The predicted molar refractivity (Wildman–Crippen MR) is 141 cm³/mol. The van der Waals surface area contributed by atoms with Crippen LogP contribution in [0.2, 0.25) is 5.02 Å². The fourth-order valence-electron chi connectivity index (χ4n) is 6.06. The normalized spacial score (nSPS) is 22.5. The number of ketones is 1. The number of allylic oxidation sites excluding steroid dienone is 1. The lowest BCUT2D eigenvalue weighted by Gasteiger charge is -2.37. The summed E-state index contributed by atoms with van der Waals surface area (Å²) in [5.41, 5.74) is 4.07. The molecule has 1 aromatic heterocycles. The zero-order chi connectivity index (χ0) is 24.6. The second-order valence-electron chi connectivity index (χ2n) is 10.1. The van der Waals surface area contributed by atoms with Gasteiger partial charge in [-0.3, -0.25) is 14.5 Å². The molecular formula is C30H29ClN2O3. The van der Waals surface area contributed by atoms with Crippen LogP contribution in [0.25, 0.3) is 0 Å². The molecule has 184 valence electrons. The maximum absolute atomic E-state index is 14.3. The Morgan fingerprint density at radius 1 is 0.944 bits per heavy atom. The number of hydrogen-bond donors (Lipinski definition) is 1. The molecule has 2 atom stereocenters. The van der Waals surface area contributed by atoms with Crippen molar-refractivity contribution in [2.45, 2.75) is 56.9 Å². The Morgan fingerprint density at radius 3 is 2.47 bits per heavy atom. The van der Waals surface area contributed by atoms with Crippen LogP contribution in [0.3, 0.4) is 0 Å². The van der Waals surface area contributed by atoms with Gasteiger partial charge in [0.25, 0.3) is 0 Å². The highest BCUT2D eigenvalue weighted by Crippen LogP contribution is 2.48. The van der Waals surface area contributed by atoms with Gasteiger partial charge in [0.15, 0.2) is 5.78 Å². The van der Waals surface area contributed by atoms with Crippen molar-refractivity contribution in [3.05, 3.63) is 94.5 Å². The number of Topliss-reactive ketones (excluding diaryl/α,β-unsaturated/α-hetero) is 1. The van der Waals surface area contributed by atoms with Crippen LogP contribution < -0.4 is 10.2 Å².